The number of hydrogen-bond donors (Lipinski definition) is 1. The first-order valence-electron chi connectivity index (χ1n) is 9.04. The molecule has 1 amide bonds. The minimum atomic E-state index is -0.333. The number of thiophene rings is 1. The lowest BCUT2D eigenvalue weighted by Crippen LogP contribution is -2.23. The van der Waals surface area contributed by atoms with Crippen LogP contribution in [0, 0.1) is 0 Å². The summed E-state index contributed by atoms with van der Waals surface area (Å²) in [7, 11) is 0. The quantitative estimate of drug-likeness (QED) is 0.438. The number of carbonyl (C=O) groups excluding carboxylic acids is 2. The molecule has 0 spiro atoms. The highest BCUT2D eigenvalue weighted by molar-refractivity contribution is 9.10. The summed E-state index contributed by atoms with van der Waals surface area (Å²) in [5, 5.41) is 3.34. The summed E-state index contributed by atoms with van der Waals surface area (Å²) in [5.74, 6) is -0.438. The van der Waals surface area contributed by atoms with Gasteiger partial charge in [0.2, 0.25) is 5.91 Å². The van der Waals surface area contributed by atoms with E-state index < -0.39 is 0 Å². The zero-order valence-electron chi connectivity index (χ0n) is 15.3. The molecule has 0 radical (unpaired) electrons. The van der Waals surface area contributed by atoms with Crippen LogP contribution in [0.4, 0.5) is 5.00 Å². The highest BCUT2D eigenvalue weighted by Gasteiger charge is 2.28. The molecule has 1 aromatic heterocycles. The van der Waals surface area contributed by atoms with E-state index in [1.54, 1.807) is 6.92 Å². The van der Waals surface area contributed by atoms with E-state index in [-0.39, 0.29) is 17.1 Å². The normalized spacial score (nSPS) is 14.3. The van der Waals surface area contributed by atoms with E-state index in [4.69, 9.17) is 4.74 Å². The second-order valence-corrected chi connectivity index (χ2v) is 9.77. The maximum Gasteiger partial charge on any atom is 0.341 e. The van der Waals surface area contributed by atoms with Gasteiger partial charge in [0.05, 0.1) is 17.4 Å². The Morgan fingerprint density at radius 2 is 1.96 bits per heavy atom. The Labute approximate surface area is 176 Å². The van der Waals surface area contributed by atoms with Gasteiger partial charge >= 0.3 is 5.97 Å². The predicted octanol–water partition coefficient (Wildman–Crippen LogP) is 5.69. The van der Waals surface area contributed by atoms with Gasteiger partial charge in [0, 0.05) is 14.2 Å². The number of benzene rings is 1. The second-order valence-electron chi connectivity index (χ2n) is 6.34. The third kappa shape index (κ3) is 4.95. The van der Waals surface area contributed by atoms with Crippen molar-refractivity contribution < 1.29 is 14.3 Å². The van der Waals surface area contributed by atoms with E-state index in [9.17, 15) is 9.59 Å². The van der Waals surface area contributed by atoms with Crippen molar-refractivity contribution in [2.45, 2.75) is 49.7 Å². The fourth-order valence-electron chi connectivity index (χ4n) is 3.06. The van der Waals surface area contributed by atoms with E-state index in [0.29, 0.717) is 17.2 Å². The van der Waals surface area contributed by atoms with Gasteiger partial charge in [-0.2, -0.15) is 0 Å². The number of amides is 1. The molecule has 1 aliphatic rings. The highest BCUT2D eigenvalue weighted by Crippen LogP contribution is 2.39. The van der Waals surface area contributed by atoms with Gasteiger partial charge in [-0.3, -0.25) is 4.79 Å². The smallest absolute Gasteiger partial charge is 0.341 e. The summed E-state index contributed by atoms with van der Waals surface area (Å²) >= 11 is 6.43. The minimum absolute atomic E-state index is 0.105. The van der Waals surface area contributed by atoms with Crippen molar-refractivity contribution in [1.82, 2.24) is 0 Å². The lowest BCUT2D eigenvalue weighted by molar-refractivity contribution is -0.115. The van der Waals surface area contributed by atoms with Crippen molar-refractivity contribution in [1.29, 1.82) is 0 Å². The molecule has 1 heterocycles. The lowest BCUT2D eigenvalue weighted by Gasteiger charge is -2.13. The standard InChI is InChI=1S/C20H22BrNO3S2/c1-3-25-20(24)17-15-6-4-5-7-16(15)27-19(17)22-18(23)12(2)26-14-10-8-13(21)9-11-14/h8-12H,3-7H2,1-2H3,(H,22,23). The summed E-state index contributed by atoms with van der Waals surface area (Å²) in [6, 6.07) is 7.87. The van der Waals surface area contributed by atoms with Crippen molar-refractivity contribution in [3.05, 3.63) is 44.7 Å². The van der Waals surface area contributed by atoms with Gasteiger partial charge in [-0.1, -0.05) is 15.9 Å². The maximum atomic E-state index is 12.7. The number of halogens is 1. The van der Waals surface area contributed by atoms with Crippen molar-refractivity contribution in [3.8, 4) is 0 Å². The van der Waals surface area contributed by atoms with Crippen molar-refractivity contribution in [2.75, 3.05) is 11.9 Å². The van der Waals surface area contributed by atoms with Crippen LogP contribution in [0.3, 0.4) is 0 Å². The molecule has 0 fully saturated rings. The topological polar surface area (TPSA) is 55.4 Å². The van der Waals surface area contributed by atoms with Crippen molar-refractivity contribution in [2.24, 2.45) is 0 Å². The summed E-state index contributed by atoms with van der Waals surface area (Å²) < 4.78 is 6.26. The number of rotatable bonds is 6. The molecule has 2 aromatic rings. The molecule has 0 aliphatic heterocycles. The largest absolute Gasteiger partial charge is 0.462 e. The van der Waals surface area contributed by atoms with Gasteiger partial charge in [0.25, 0.3) is 0 Å². The van der Waals surface area contributed by atoms with Gasteiger partial charge in [-0.05, 0) is 69.4 Å². The fourth-order valence-corrected chi connectivity index (χ4v) is 5.47. The zero-order chi connectivity index (χ0) is 19.4. The van der Waals surface area contributed by atoms with Gasteiger partial charge in [-0.25, -0.2) is 4.79 Å². The predicted molar refractivity (Wildman–Crippen MR) is 115 cm³/mol. The SMILES string of the molecule is CCOC(=O)c1c(NC(=O)C(C)Sc2ccc(Br)cc2)sc2c1CCCC2. The van der Waals surface area contributed by atoms with Gasteiger partial charge < -0.3 is 10.1 Å². The summed E-state index contributed by atoms with van der Waals surface area (Å²) in [6.45, 7) is 4.00. The molecule has 1 atom stereocenters. The van der Waals surface area contributed by atoms with Gasteiger partial charge in [0.1, 0.15) is 5.00 Å². The van der Waals surface area contributed by atoms with Gasteiger partial charge in [0.15, 0.2) is 0 Å². The molecular weight excluding hydrogens is 446 g/mol. The molecule has 0 bridgehead atoms. The number of thioether (sulfide) groups is 1. The Morgan fingerprint density at radius 1 is 1.26 bits per heavy atom. The third-order valence-electron chi connectivity index (χ3n) is 4.38. The average molecular weight is 468 g/mol. The van der Waals surface area contributed by atoms with Crippen LogP contribution in [0.15, 0.2) is 33.6 Å². The van der Waals surface area contributed by atoms with Crippen LogP contribution in [0.25, 0.3) is 0 Å². The lowest BCUT2D eigenvalue weighted by atomic mass is 9.95. The second kappa shape index (κ2) is 9.26. The van der Waals surface area contributed by atoms with Gasteiger partial charge in [-0.15, -0.1) is 23.1 Å². The van der Waals surface area contributed by atoms with Crippen LogP contribution < -0.4 is 5.32 Å². The molecule has 27 heavy (non-hydrogen) atoms. The Morgan fingerprint density at radius 3 is 2.67 bits per heavy atom. The Balaban J connectivity index is 1.77. The number of nitrogens with one attached hydrogen (secondary N) is 1. The molecular formula is C20H22BrNO3S2. The summed E-state index contributed by atoms with van der Waals surface area (Å²) in [4.78, 5) is 27.5. The van der Waals surface area contributed by atoms with Crippen LogP contribution in [0.1, 0.15) is 47.5 Å². The molecule has 7 heteroatoms. The minimum Gasteiger partial charge on any atom is -0.462 e. The van der Waals surface area contributed by atoms with E-state index in [0.717, 1.165) is 40.6 Å². The molecule has 1 N–H and O–H groups in total. The first-order chi connectivity index (χ1) is 13.0. The molecule has 1 unspecified atom stereocenters. The molecule has 0 saturated heterocycles. The maximum absolute atomic E-state index is 12.7. The third-order valence-corrected chi connectivity index (χ3v) is 7.23. The van der Waals surface area contributed by atoms with Crippen LogP contribution in [0.5, 0.6) is 0 Å². The van der Waals surface area contributed by atoms with Crippen molar-refractivity contribution in [3.63, 3.8) is 0 Å². The van der Waals surface area contributed by atoms with Crippen LogP contribution in [-0.2, 0) is 22.4 Å². The first-order valence-corrected chi connectivity index (χ1v) is 11.5. The first kappa shape index (κ1) is 20.4. The summed E-state index contributed by atoms with van der Waals surface area (Å²) in [5.41, 5.74) is 1.62. The number of anilines is 1. The molecule has 144 valence electrons. The Kier molecular flexibility index (Phi) is 7.00. The van der Waals surface area contributed by atoms with E-state index >= 15 is 0 Å². The van der Waals surface area contributed by atoms with E-state index in [1.165, 1.54) is 28.0 Å². The molecule has 3 rings (SSSR count). The van der Waals surface area contributed by atoms with E-state index in [2.05, 4.69) is 21.2 Å². The van der Waals surface area contributed by atoms with E-state index in [1.807, 2.05) is 31.2 Å². The van der Waals surface area contributed by atoms with Crippen LogP contribution in [0.2, 0.25) is 0 Å². The van der Waals surface area contributed by atoms with Crippen LogP contribution in [-0.4, -0.2) is 23.7 Å². The Hall–Kier alpha value is -1.31. The number of ether oxygens (including phenoxy) is 1. The van der Waals surface area contributed by atoms with Crippen LogP contribution >= 0.6 is 39.0 Å². The highest BCUT2D eigenvalue weighted by atomic mass is 79.9. The molecule has 1 aromatic carbocycles. The fraction of sp³-hybridized carbons (Fsp3) is 0.400. The molecule has 1 aliphatic carbocycles. The zero-order valence-corrected chi connectivity index (χ0v) is 18.6. The number of aryl methyl sites for hydroxylation is 1. The molecule has 4 nitrogen and oxygen atoms in total. The number of carbonyl (C=O) groups is 2. The number of hydrogen-bond acceptors (Lipinski definition) is 5. The Bertz CT molecular complexity index is 832. The van der Waals surface area contributed by atoms with Crippen molar-refractivity contribution >= 4 is 55.9 Å². The average Bonchev–Trinajstić information content (AvgIpc) is 3.01. The molecule has 0 saturated carbocycles. The monoisotopic (exact) mass is 467 g/mol. The number of fused-ring (bicyclic) bond motifs is 1. The number of esters is 1. The summed E-state index contributed by atoms with van der Waals surface area (Å²) in [6.07, 6.45) is 4.03.